The maximum absolute atomic E-state index is 18.4. The third-order valence-electron chi connectivity index (χ3n) is 23.8. The predicted molar refractivity (Wildman–Crippen MR) is 419 cm³/mol. The van der Waals surface area contributed by atoms with Gasteiger partial charge in [-0.05, 0) is 215 Å². The summed E-state index contributed by atoms with van der Waals surface area (Å²) in [4.78, 5) is 3.34. The number of fused-ring (bicyclic) bond motifs is 14. The fraction of sp³-hybridized carbons (Fsp3) is 0.304. The van der Waals surface area contributed by atoms with Crippen LogP contribution >= 0.6 is 15.5 Å². The molecular weight excluding hydrogens is 1280 g/mol. The normalized spacial score (nSPS) is 17.9. The molecule has 508 valence electrons. The summed E-state index contributed by atoms with van der Waals surface area (Å²) in [6.45, 7) is 8.63. The Labute approximate surface area is 595 Å². The molecule has 0 unspecified atom stereocenters. The van der Waals surface area contributed by atoms with Crippen molar-refractivity contribution in [2.24, 2.45) is 0 Å². The van der Waals surface area contributed by atoms with Crippen LogP contribution < -0.4 is 23.0 Å². The molecule has 6 aliphatic rings. The summed E-state index contributed by atoms with van der Waals surface area (Å²) in [5.41, 5.74) is 19.7. The van der Waals surface area contributed by atoms with Gasteiger partial charge in [0.15, 0.2) is 0 Å². The van der Waals surface area contributed by atoms with E-state index in [1.807, 2.05) is 0 Å². The highest BCUT2D eigenvalue weighted by atomic mass is 31.3. The first-order valence-electron chi connectivity index (χ1n) is 37.9. The average Bonchev–Trinajstić information content (AvgIpc) is 1.68. The number of aryl methyl sites for hydroxylation is 4. The van der Waals surface area contributed by atoms with Crippen molar-refractivity contribution >= 4 is 58.6 Å². The van der Waals surface area contributed by atoms with E-state index in [2.05, 4.69) is 227 Å². The minimum Gasteiger partial charge on any atom is -0.403 e. The molecule has 9 heteroatoms. The van der Waals surface area contributed by atoms with Crippen LogP contribution in [-0.2, 0) is 9.13 Å². The Morgan fingerprint density at radius 2 is 0.485 bits per heavy atom. The summed E-state index contributed by atoms with van der Waals surface area (Å²) in [5, 5.41) is 7.69. The zero-order valence-electron chi connectivity index (χ0n) is 58.8. The summed E-state index contributed by atoms with van der Waals surface area (Å²) in [5.74, 6) is 2.72. The summed E-state index contributed by atoms with van der Waals surface area (Å²) < 4.78 is 67.9. The molecule has 0 radical (unpaired) electrons. The Kier molecular flexibility index (Phi) is 16.8. The molecule has 101 heavy (non-hydrogen) atoms. The smallest absolute Gasteiger partial charge is 0.403 e. The highest BCUT2D eigenvalue weighted by molar-refractivity contribution is 7.68. The molecule has 12 aromatic carbocycles. The summed E-state index contributed by atoms with van der Waals surface area (Å²) in [6, 6.07) is 70.6. The average molecular weight is 1370 g/mol. The highest BCUT2D eigenvalue weighted by Crippen LogP contribution is 2.70. The van der Waals surface area contributed by atoms with Crippen molar-refractivity contribution in [3.8, 4) is 89.8 Å². The van der Waals surface area contributed by atoms with Gasteiger partial charge in [0.2, 0.25) is 0 Å². The second-order valence-corrected chi connectivity index (χ2v) is 34.1. The van der Waals surface area contributed by atoms with Crippen LogP contribution in [0.15, 0.2) is 194 Å². The molecule has 4 saturated carbocycles. The molecule has 0 aromatic heterocycles. The molecule has 2 heterocycles. The van der Waals surface area contributed by atoms with Crippen molar-refractivity contribution in [2.75, 3.05) is 0 Å². The molecule has 7 nitrogen and oxygen atoms in total. The van der Waals surface area contributed by atoms with E-state index >= 15 is 9.13 Å². The van der Waals surface area contributed by atoms with Crippen molar-refractivity contribution in [1.82, 2.24) is 4.86 Å². The zero-order chi connectivity index (χ0) is 68.1. The van der Waals surface area contributed by atoms with Crippen LogP contribution in [0.5, 0.6) is 23.0 Å². The number of benzene rings is 12. The van der Waals surface area contributed by atoms with E-state index < -0.39 is 15.5 Å². The van der Waals surface area contributed by atoms with Gasteiger partial charge in [0, 0.05) is 44.5 Å². The molecule has 0 saturated heterocycles. The quantitative estimate of drug-likeness (QED) is 0.137. The SMILES string of the molecule is Cc1ccc(C2CCCCC2)c(-c2cc3ccccc3c3c2OP(=O)(NP2(=O)Oc4c(-c5cc(C)ccc5C5CCCCC5)cc5ccccc5c4-c4c(c(-c5cc(C)ccc5C5CCCCC5)cc5ccccc45)O2)Oc2c(-c4cc(C)ccc4C4CCCCC4)cc4ccccc4c2-3)c1. The van der Waals surface area contributed by atoms with E-state index in [1.165, 1.54) is 47.9 Å². The minimum atomic E-state index is -5.18. The molecule has 0 bridgehead atoms. The van der Waals surface area contributed by atoms with E-state index in [0.717, 1.165) is 235 Å². The highest BCUT2D eigenvalue weighted by Gasteiger charge is 2.50. The molecule has 12 aromatic rings. The Balaban J connectivity index is 0.949. The number of hydrogen-bond acceptors (Lipinski definition) is 6. The van der Waals surface area contributed by atoms with Crippen molar-refractivity contribution in [2.45, 2.75) is 180 Å². The molecule has 0 spiro atoms. The van der Waals surface area contributed by atoms with Crippen molar-refractivity contribution in [3.05, 3.63) is 239 Å². The lowest BCUT2D eigenvalue weighted by Crippen LogP contribution is -2.22. The van der Waals surface area contributed by atoms with Gasteiger partial charge < -0.3 is 18.1 Å². The van der Waals surface area contributed by atoms with Crippen LogP contribution in [0.25, 0.3) is 110 Å². The minimum absolute atomic E-state index is 0.297. The summed E-state index contributed by atoms with van der Waals surface area (Å²) in [6.07, 6.45) is 22.6. The predicted octanol–water partition coefficient (Wildman–Crippen LogP) is 27.8. The van der Waals surface area contributed by atoms with E-state index in [1.54, 1.807) is 0 Å². The fourth-order valence-corrected chi connectivity index (χ4v) is 22.6. The third kappa shape index (κ3) is 11.7. The topological polar surface area (TPSA) is 83.1 Å². The molecule has 4 fully saturated rings. The Hall–Kier alpha value is -8.70. The molecule has 0 atom stereocenters. The first kappa shape index (κ1) is 64.4. The molecule has 1 N–H and O–H groups in total. The van der Waals surface area contributed by atoms with Gasteiger partial charge in [-0.2, -0.15) is 0 Å². The number of nitrogens with one attached hydrogen (secondary N) is 1. The monoisotopic (exact) mass is 1370 g/mol. The van der Waals surface area contributed by atoms with Gasteiger partial charge >= 0.3 is 15.5 Å². The lowest BCUT2D eigenvalue weighted by atomic mass is 9.78. The van der Waals surface area contributed by atoms with Crippen LogP contribution in [0.3, 0.4) is 0 Å². The van der Waals surface area contributed by atoms with Crippen LogP contribution in [0.1, 0.15) is 197 Å². The number of hydrogen-bond donors (Lipinski definition) is 1. The maximum atomic E-state index is 18.4. The lowest BCUT2D eigenvalue weighted by molar-refractivity contribution is 0.359. The van der Waals surface area contributed by atoms with E-state index in [-0.39, 0.29) is 0 Å². The first-order chi connectivity index (χ1) is 49.4. The standard InChI is InChI=1S/C92H89NO6P2/c1-57-41-45-69(61-25-9-5-10-26-61)77(49-57)81-53-65-33-17-21-37-73(65)85-86-74-38-22-18-34-66(74)54-82(78-50-58(2)42-46-70(78)62-27-11-6-12-28-62)90(86)97-100(94,96-89(81)85)93-101(95)98-91-83(79-51-59(3)43-47-71(79)63-29-13-7-14-30-63)55-67-35-19-23-39-75(67)87(91)88-76-40-24-20-36-68(76)56-84(92(88)99-101)80-52-60(4)44-48-72(80)64-31-15-8-16-32-64/h17-24,33-56,61-64H,5-16,25-32H2,1-4H3,(H,93,94,95). The van der Waals surface area contributed by atoms with Gasteiger partial charge in [-0.25, -0.2) is 9.13 Å². The van der Waals surface area contributed by atoms with Gasteiger partial charge in [0.25, 0.3) is 0 Å². The number of rotatable bonds is 10. The van der Waals surface area contributed by atoms with Crippen LogP contribution in [0, 0.1) is 27.7 Å². The van der Waals surface area contributed by atoms with E-state index in [0.29, 0.717) is 46.7 Å². The van der Waals surface area contributed by atoms with Crippen molar-refractivity contribution in [1.29, 1.82) is 0 Å². The second kappa shape index (κ2) is 26.3. The Bertz CT molecular complexity index is 4750. The van der Waals surface area contributed by atoms with Gasteiger partial charge in [-0.1, -0.05) is 274 Å². The Morgan fingerprint density at radius 1 is 0.267 bits per heavy atom. The maximum Gasteiger partial charge on any atom is 0.524 e. The second-order valence-electron chi connectivity index (χ2n) is 30.6. The largest absolute Gasteiger partial charge is 0.524 e. The molecule has 0 amide bonds. The van der Waals surface area contributed by atoms with Crippen LogP contribution in [0.4, 0.5) is 0 Å². The Morgan fingerprint density at radius 3 is 0.713 bits per heavy atom. The molecule has 18 rings (SSSR count). The molecule has 2 aliphatic heterocycles. The van der Waals surface area contributed by atoms with E-state index in [9.17, 15) is 0 Å². The van der Waals surface area contributed by atoms with Gasteiger partial charge in [0.05, 0.1) is 0 Å². The van der Waals surface area contributed by atoms with Gasteiger partial charge in [-0.15, -0.1) is 0 Å². The van der Waals surface area contributed by atoms with E-state index in [4.69, 9.17) is 18.1 Å². The first-order valence-corrected chi connectivity index (χ1v) is 40.9. The lowest BCUT2D eigenvalue weighted by Gasteiger charge is -2.29. The van der Waals surface area contributed by atoms with Gasteiger partial charge in [-0.3, -0.25) is 0 Å². The summed E-state index contributed by atoms with van der Waals surface area (Å²) in [7, 11) is -10.4. The zero-order valence-corrected chi connectivity index (χ0v) is 60.6. The third-order valence-corrected chi connectivity index (χ3v) is 27.4. The summed E-state index contributed by atoms with van der Waals surface area (Å²) >= 11 is 0. The molecular formula is C92H89NO6P2. The fourth-order valence-electron chi connectivity index (χ4n) is 18.9. The molecule has 4 aliphatic carbocycles. The van der Waals surface area contributed by atoms with Crippen molar-refractivity contribution in [3.63, 3.8) is 0 Å². The van der Waals surface area contributed by atoms with Gasteiger partial charge in [0.1, 0.15) is 23.0 Å². The van der Waals surface area contributed by atoms with Crippen LogP contribution in [0.2, 0.25) is 0 Å². The van der Waals surface area contributed by atoms with Crippen molar-refractivity contribution < 1.29 is 27.2 Å². The van der Waals surface area contributed by atoms with Crippen LogP contribution in [-0.4, -0.2) is 0 Å².